The fraction of sp³-hybridized carbons (Fsp3) is 0.921. The first-order chi connectivity index (χ1) is 24.8. The molecule has 0 saturated carbocycles. The van der Waals surface area contributed by atoms with Crippen LogP contribution in [0.25, 0.3) is 0 Å². The number of esters is 1. The van der Waals surface area contributed by atoms with Gasteiger partial charge in [0.15, 0.2) is 12.6 Å². The van der Waals surface area contributed by atoms with Crippen molar-refractivity contribution in [1.82, 2.24) is 4.90 Å². The van der Waals surface area contributed by atoms with E-state index in [1.807, 2.05) is 25.9 Å². The van der Waals surface area contributed by atoms with Crippen LogP contribution >= 0.6 is 12.6 Å². The fourth-order valence-corrected chi connectivity index (χ4v) is 8.41. The Labute approximate surface area is 343 Å². The number of nitrogens with zero attached hydrogens (tertiary/aromatic N) is 2. The number of carbonyl (C=O) groups is 2. The third-order valence-corrected chi connectivity index (χ3v) is 11.8. The molecule has 0 amide bonds. The van der Waals surface area contributed by atoms with Crippen molar-refractivity contribution in [3.8, 4) is 5.40 Å². The largest absolute Gasteiger partial charge is 0.459 e. The van der Waals surface area contributed by atoms with E-state index in [1.165, 1.54) is 33.3 Å². The Morgan fingerprint density at radius 2 is 1.46 bits per heavy atom. The van der Waals surface area contributed by atoms with Crippen LogP contribution in [0.4, 0.5) is 0 Å². The molecule has 11 N–H and O–H groups in total. The molecule has 19 heteroatoms. The standard InChI is InChI=1S/C37H67NO13.CHNS.3H2O/c1-14-25-37(10,45)30(41)20(4)27(39)18(2)16-35(8,44)32(51-34-28(40)24(38(11)12)15-19(3)47-34)21(5)29(22(6)33(43)49-25)50-26-17-36(9,46-13)31(42)23(7)48-26;2-1-3;;;/h18-26,28-32,34,40-42,44-45H,14-17H2,1-13H3;3H;3*1H2/t18-,19-,20+,21-,22-,23+,24+,25-,26+,28-,29+,30+,31+,32-,34+,35-,36-,37-;;;;/m1..../s1. The second kappa shape index (κ2) is 23.4. The molecule has 3 aliphatic rings. The van der Waals surface area contributed by atoms with Crippen LogP contribution in [-0.4, -0.2) is 164 Å². The van der Waals surface area contributed by atoms with Gasteiger partial charge in [0.2, 0.25) is 0 Å². The van der Waals surface area contributed by atoms with E-state index in [9.17, 15) is 35.1 Å². The quantitative estimate of drug-likeness (QED) is 0.109. The first kappa shape index (κ1) is 57.5. The average molecular weight is 847 g/mol. The number of nitriles is 1. The monoisotopic (exact) mass is 846 g/mol. The Bertz CT molecular complexity index is 1270. The summed E-state index contributed by atoms with van der Waals surface area (Å²) in [5.74, 6) is -4.98. The molecule has 0 radical (unpaired) electrons. The van der Waals surface area contributed by atoms with Crippen LogP contribution in [0.3, 0.4) is 0 Å². The summed E-state index contributed by atoms with van der Waals surface area (Å²) in [7, 11) is 5.18. The number of thiol groups is 1. The second-order valence-corrected chi connectivity index (χ2v) is 16.8. The van der Waals surface area contributed by atoms with Gasteiger partial charge in [0, 0.05) is 37.3 Å². The van der Waals surface area contributed by atoms with Gasteiger partial charge in [0.25, 0.3) is 0 Å². The molecule has 338 valence electrons. The van der Waals surface area contributed by atoms with E-state index in [4.69, 9.17) is 33.7 Å². The number of hydrogen-bond donors (Lipinski definition) is 6. The fourth-order valence-electron chi connectivity index (χ4n) is 8.41. The first-order valence-corrected chi connectivity index (χ1v) is 19.4. The number of aliphatic hydroxyl groups is 5. The average Bonchev–Trinajstić information content (AvgIpc) is 3.09. The van der Waals surface area contributed by atoms with Gasteiger partial charge in [0.05, 0.1) is 47.6 Å². The van der Waals surface area contributed by atoms with Crippen molar-refractivity contribution in [3.05, 3.63) is 0 Å². The molecule has 3 rings (SSSR count). The number of Topliss-reactive ketones (excluding diaryl/α,β-unsaturated/α-hetero) is 1. The highest BCUT2D eigenvalue weighted by Gasteiger charge is 2.53. The Morgan fingerprint density at radius 3 is 1.95 bits per heavy atom. The predicted molar refractivity (Wildman–Crippen MR) is 212 cm³/mol. The van der Waals surface area contributed by atoms with Gasteiger partial charge in [-0.25, -0.2) is 0 Å². The SMILES string of the molecule is CC[C@H]1OC(=O)[C@H](C)[C@@H](O[C@H]2C[C@@](C)(OC)[C@@H](O)[C@H](C)O2)[C@@H](C)[C@@H](O[C@@H]2O[C@H](C)C[C@H](N(C)C)[C@H]2O)[C@](C)(O)C[C@@H](C)C(=O)[C@H](C)[C@H](O)[C@]1(C)O.N#CS.O.O.O. The summed E-state index contributed by atoms with van der Waals surface area (Å²) in [4.78, 5) is 29.8. The molecule has 3 fully saturated rings. The van der Waals surface area contributed by atoms with Crippen molar-refractivity contribution in [2.45, 2.75) is 179 Å². The van der Waals surface area contributed by atoms with Crippen LogP contribution in [0, 0.1) is 34.3 Å². The zero-order valence-corrected chi connectivity index (χ0v) is 36.7. The minimum absolute atomic E-state index is 0. The molecule has 3 saturated heterocycles. The normalized spacial score (nSPS) is 44.6. The molecular weight excluding hydrogens is 772 g/mol. The van der Waals surface area contributed by atoms with Gasteiger partial charge in [0.1, 0.15) is 35.1 Å². The Morgan fingerprint density at radius 1 is 0.912 bits per heavy atom. The van der Waals surface area contributed by atoms with Gasteiger partial charge in [-0.15, -0.1) is 0 Å². The number of likely N-dealkylation sites (N-methyl/N-ethyl adjacent to an activating group) is 1. The van der Waals surface area contributed by atoms with E-state index >= 15 is 0 Å². The molecule has 0 aromatic rings. The lowest BCUT2D eigenvalue weighted by molar-refractivity contribution is -0.318. The maximum atomic E-state index is 14.1. The smallest absolute Gasteiger partial charge is 0.311 e. The molecule has 0 aromatic carbocycles. The van der Waals surface area contributed by atoms with E-state index in [2.05, 4.69) is 12.6 Å². The number of thiocyanates is 1. The van der Waals surface area contributed by atoms with Gasteiger partial charge in [-0.1, -0.05) is 40.3 Å². The summed E-state index contributed by atoms with van der Waals surface area (Å²) in [6, 6.07) is -0.324. The number of ether oxygens (including phenoxy) is 6. The molecule has 18 atom stereocenters. The zero-order valence-electron chi connectivity index (χ0n) is 35.8. The molecule has 0 bridgehead atoms. The van der Waals surface area contributed by atoms with E-state index in [0.29, 0.717) is 6.42 Å². The third-order valence-electron chi connectivity index (χ3n) is 11.8. The number of hydrogen-bond acceptors (Lipinski definition) is 16. The van der Waals surface area contributed by atoms with Crippen LogP contribution in [0.1, 0.15) is 94.9 Å². The number of carbonyl (C=O) groups excluding carboxylic acids is 2. The maximum Gasteiger partial charge on any atom is 0.311 e. The van der Waals surface area contributed by atoms with Crippen molar-refractivity contribution < 1.29 is 80.0 Å². The van der Waals surface area contributed by atoms with Crippen LogP contribution in [0.15, 0.2) is 0 Å². The minimum Gasteiger partial charge on any atom is -0.459 e. The highest BCUT2D eigenvalue weighted by molar-refractivity contribution is 7.85. The van der Waals surface area contributed by atoms with Crippen LogP contribution in [0.2, 0.25) is 0 Å². The number of methoxy groups -OCH3 is 1. The summed E-state index contributed by atoms with van der Waals surface area (Å²) < 4.78 is 37.1. The lowest BCUT2D eigenvalue weighted by Crippen LogP contribution is -2.61. The lowest BCUT2D eigenvalue weighted by Gasteiger charge is -2.49. The van der Waals surface area contributed by atoms with Gasteiger partial charge in [-0.3, -0.25) is 9.59 Å². The second-order valence-electron chi connectivity index (χ2n) is 16.6. The van der Waals surface area contributed by atoms with Crippen LogP contribution in [-0.2, 0) is 38.0 Å². The molecule has 3 heterocycles. The molecule has 0 aromatic heterocycles. The number of ketones is 1. The molecule has 0 spiro atoms. The first-order valence-electron chi connectivity index (χ1n) is 18.9. The van der Waals surface area contributed by atoms with E-state index in [0.717, 1.165) is 0 Å². The Kier molecular flexibility index (Phi) is 23.6. The van der Waals surface area contributed by atoms with Crippen molar-refractivity contribution >= 4 is 24.4 Å². The summed E-state index contributed by atoms with van der Waals surface area (Å²) in [6.07, 6.45) is -9.71. The topological polar surface area (TPSA) is 312 Å². The molecule has 0 unspecified atom stereocenters. The maximum absolute atomic E-state index is 14.1. The van der Waals surface area contributed by atoms with Gasteiger partial charge in [-0.05, 0) is 74.9 Å². The van der Waals surface area contributed by atoms with Gasteiger partial charge >= 0.3 is 5.97 Å². The highest BCUT2D eigenvalue weighted by atomic mass is 32.1. The van der Waals surface area contributed by atoms with Crippen molar-refractivity contribution in [2.75, 3.05) is 21.2 Å². The Balaban J connectivity index is 0. The molecule has 3 aliphatic heterocycles. The van der Waals surface area contributed by atoms with E-state index in [-0.39, 0.29) is 47.8 Å². The summed E-state index contributed by atoms with van der Waals surface area (Å²) in [5, 5.41) is 66.2. The zero-order chi connectivity index (χ0) is 41.7. The molecular formula is C38H74N2O16S. The Hall–Kier alpha value is -1.58. The predicted octanol–water partition coefficient (Wildman–Crippen LogP) is -0.291. The number of cyclic esters (lactones) is 1. The van der Waals surface area contributed by atoms with Crippen molar-refractivity contribution in [3.63, 3.8) is 0 Å². The van der Waals surface area contributed by atoms with Crippen molar-refractivity contribution in [1.29, 1.82) is 5.26 Å². The van der Waals surface area contributed by atoms with E-state index in [1.54, 1.807) is 41.5 Å². The summed E-state index contributed by atoms with van der Waals surface area (Å²) >= 11 is 3.09. The van der Waals surface area contributed by atoms with E-state index < -0.39 is 108 Å². The molecule has 57 heavy (non-hydrogen) atoms. The highest BCUT2D eigenvalue weighted by Crippen LogP contribution is 2.40. The molecule has 18 nitrogen and oxygen atoms in total. The van der Waals surface area contributed by atoms with Crippen LogP contribution in [0.5, 0.6) is 0 Å². The summed E-state index contributed by atoms with van der Waals surface area (Å²) in [6.45, 7) is 16.3. The number of aliphatic hydroxyl groups excluding tert-OH is 3. The lowest BCUT2D eigenvalue weighted by atomic mass is 9.74. The van der Waals surface area contributed by atoms with Crippen molar-refractivity contribution in [2.24, 2.45) is 23.7 Å². The van der Waals surface area contributed by atoms with Crippen LogP contribution < -0.4 is 0 Å². The minimum atomic E-state index is -1.99. The summed E-state index contributed by atoms with van der Waals surface area (Å²) in [5.41, 5.74) is -4.84. The van der Waals surface area contributed by atoms with Gasteiger partial charge < -0.3 is 75.3 Å². The molecule has 0 aliphatic carbocycles. The number of rotatable bonds is 7. The third kappa shape index (κ3) is 13.5. The van der Waals surface area contributed by atoms with Gasteiger partial charge in [-0.2, -0.15) is 5.26 Å².